The van der Waals surface area contributed by atoms with Crippen LogP contribution in [0.1, 0.15) is 10.4 Å². The second-order valence-electron chi connectivity index (χ2n) is 6.67. The molecule has 0 spiro atoms. The normalized spacial score (nSPS) is 14.6. The molecule has 1 heterocycles. The summed E-state index contributed by atoms with van der Waals surface area (Å²) in [5, 5.41) is 3.59. The number of aliphatic imine (C=N–C) groups is 1. The Balaban J connectivity index is 1.41. The highest BCUT2D eigenvalue weighted by atomic mass is 35.5. The summed E-state index contributed by atoms with van der Waals surface area (Å²) in [6.07, 6.45) is 0. The van der Waals surface area contributed by atoms with Crippen LogP contribution in [-0.2, 0) is 0 Å². The second-order valence-corrected chi connectivity index (χ2v) is 7.11. The number of nitrogens with two attached hydrogens (primary N) is 1. The van der Waals surface area contributed by atoms with Gasteiger partial charge in [-0.25, -0.2) is 0 Å². The number of rotatable bonds is 6. The van der Waals surface area contributed by atoms with Crippen molar-refractivity contribution in [3.63, 3.8) is 0 Å². The van der Waals surface area contributed by atoms with Gasteiger partial charge >= 0.3 is 0 Å². The SMILES string of the molecule is COc1ccc(C(=O)NCCN=C(N)N2CCN(c3ccc(Cl)cc3)CC2)cc1. The Morgan fingerprint density at radius 3 is 2.38 bits per heavy atom. The molecule has 1 aliphatic heterocycles. The number of guanidine groups is 1. The third-order valence-corrected chi connectivity index (χ3v) is 5.07. The molecule has 2 aromatic carbocycles. The molecule has 0 radical (unpaired) electrons. The van der Waals surface area contributed by atoms with Gasteiger partial charge in [0.1, 0.15) is 5.75 Å². The average Bonchev–Trinajstić information content (AvgIpc) is 2.77. The van der Waals surface area contributed by atoms with Gasteiger partial charge in [-0.05, 0) is 48.5 Å². The molecular weight excluding hydrogens is 390 g/mol. The lowest BCUT2D eigenvalue weighted by molar-refractivity contribution is 0.0954. The van der Waals surface area contributed by atoms with E-state index >= 15 is 0 Å². The molecule has 7 nitrogen and oxygen atoms in total. The van der Waals surface area contributed by atoms with Crippen molar-refractivity contribution in [2.75, 3.05) is 51.3 Å². The van der Waals surface area contributed by atoms with E-state index < -0.39 is 0 Å². The summed E-state index contributed by atoms with van der Waals surface area (Å²) in [6.45, 7) is 4.20. The molecule has 3 rings (SSSR count). The van der Waals surface area contributed by atoms with E-state index in [1.165, 1.54) is 0 Å². The van der Waals surface area contributed by atoms with E-state index in [-0.39, 0.29) is 5.91 Å². The first kappa shape index (κ1) is 20.8. The highest BCUT2D eigenvalue weighted by Crippen LogP contribution is 2.19. The summed E-state index contributed by atoms with van der Waals surface area (Å²) in [7, 11) is 1.59. The van der Waals surface area contributed by atoms with Crippen LogP contribution in [0.4, 0.5) is 5.69 Å². The molecule has 0 unspecified atom stereocenters. The van der Waals surface area contributed by atoms with Gasteiger partial charge in [-0.15, -0.1) is 0 Å². The Bertz CT molecular complexity index is 831. The summed E-state index contributed by atoms with van der Waals surface area (Å²) in [5.74, 6) is 1.09. The first-order valence-corrected chi connectivity index (χ1v) is 9.92. The number of hydrogen-bond donors (Lipinski definition) is 2. The zero-order chi connectivity index (χ0) is 20.6. The van der Waals surface area contributed by atoms with Crippen LogP contribution in [0.2, 0.25) is 5.02 Å². The predicted octanol–water partition coefficient (Wildman–Crippen LogP) is 2.22. The number of nitrogens with zero attached hydrogens (tertiary/aromatic N) is 3. The van der Waals surface area contributed by atoms with Crippen molar-refractivity contribution in [2.24, 2.45) is 10.7 Å². The highest BCUT2D eigenvalue weighted by Gasteiger charge is 2.18. The molecule has 1 saturated heterocycles. The van der Waals surface area contributed by atoms with Crippen LogP contribution in [0.3, 0.4) is 0 Å². The minimum Gasteiger partial charge on any atom is -0.497 e. The number of anilines is 1. The number of carbonyl (C=O) groups is 1. The molecule has 3 N–H and O–H groups in total. The number of carbonyl (C=O) groups excluding carboxylic acids is 1. The Kier molecular flexibility index (Phi) is 7.19. The molecule has 0 atom stereocenters. The number of amides is 1. The summed E-state index contributed by atoms with van der Waals surface area (Å²) in [6, 6.07) is 14.8. The van der Waals surface area contributed by atoms with Gasteiger partial charge in [0.15, 0.2) is 5.96 Å². The molecule has 0 aromatic heterocycles. The monoisotopic (exact) mass is 415 g/mol. The Hall–Kier alpha value is -2.93. The number of halogens is 1. The first-order chi connectivity index (χ1) is 14.1. The van der Waals surface area contributed by atoms with Gasteiger partial charge in [0.05, 0.1) is 13.7 Å². The molecule has 0 bridgehead atoms. The lowest BCUT2D eigenvalue weighted by Gasteiger charge is -2.36. The van der Waals surface area contributed by atoms with Crippen LogP contribution in [0, 0.1) is 0 Å². The van der Waals surface area contributed by atoms with Gasteiger partial charge in [-0.1, -0.05) is 11.6 Å². The van der Waals surface area contributed by atoms with Gasteiger partial charge in [-0.2, -0.15) is 0 Å². The van der Waals surface area contributed by atoms with Crippen molar-refractivity contribution in [3.8, 4) is 5.75 Å². The van der Waals surface area contributed by atoms with Crippen LogP contribution in [-0.4, -0.2) is 63.1 Å². The summed E-state index contributed by atoms with van der Waals surface area (Å²) >= 11 is 5.95. The molecule has 8 heteroatoms. The van der Waals surface area contributed by atoms with Gasteiger partial charge in [-0.3, -0.25) is 9.79 Å². The van der Waals surface area contributed by atoms with Crippen LogP contribution in [0.15, 0.2) is 53.5 Å². The first-order valence-electron chi connectivity index (χ1n) is 9.54. The number of ether oxygens (including phenoxy) is 1. The lowest BCUT2D eigenvalue weighted by atomic mass is 10.2. The van der Waals surface area contributed by atoms with Crippen LogP contribution < -0.4 is 20.7 Å². The predicted molar refractivity (Wildman–Crippen MR) is 117 cm³/mol. The molecule has 1 fully saturated rings. The summed E-state index contributed by atoms with van der Waals surface area (Å²) in [4.78, 5) is 20.9. The van der Waals surface area contributed by atoms with Gasteiger partial charge in [0.25, 0.3) is 5.91 Å². The maximum Gasteiger partial charge on any atom is 0.251 e. The summed E-state index contributed by atoms with van der Waals surface area (Å²) in [5.41, 5.74) is 7.87. The van der Waals surface area contributed by atoms with Gasteiger partial charge in [0, 0.05) is 49.0 Å². The minimum absolute atomic E-state index is 0.141. The van der Waals surface area contributed by atoms with E-state index in [0.717, 1.165) is 42.6 Å². The number of hydrogen-bond acceptors (Lipinski definition) is 4. The zero-order valence-electron chi connectivity index (χ0n) is 16.5. The van der Waals surface area contributed by atoms with Gasteiger partial charge in [0.2, 0.25) is 0 Å². The summed E-state index contributed by atoms with van der Waals surface area (Å²) < 4.78 is 5.09. The second kappa shape index (κ2) is 10.0. The lowest BCUT2D eigenvalue weighted by Crippen LogP contribution is -2.51. The van der Waals surface area contributed by atoms with Crippen LogP contribution in [0.5, 0.6) is 5.75 Å². The highest BCUT2D eigenvalue weighted by molar-refractivity contribution is 6.30. The van der Waals surface area contributed by atoms with E-state index in [2.05, 4.69) is 20.1 Å². The largest absolute Gasteiger partial charge is 0.497 e. The van der Waals surface area contributed by atoms with Crippen molar-refractivity contribution in [3.05, 3.63) is 59.1 Å². The number of benzene rings is 2. The van der Waals surface area contributed by atoms with Crippen LogP contribution >= 0.6 is 11.6 Å². The third-order valence-electron chi connectivity index (χ3n) is 4.82. The third kappa shape index (κ3) is 5.77. The maximum atomic E-state index is 12.1. The molecule has 0 aliphatic carbocycles. The van der Waals surface area contributed by atoms with Crippen molar-refractivity contribution in [2.45, 2.75) is 0 Å². The Morgan fingerprint density at radius 1 is 1.10 bits per heavy atom. The minimum atomic E-state index is -0.141. The van der Waals surface area contributed by atoms with E-state index in [1.807, 2.05) is 24.3 Å². The molecule has 0 saturated carbocycles. The van der Waals surface area contributed by atoms with E-state index in [1.54, 1.807) is 31.4 Å². The fourth-order valence-electron chi connectivity index (χ4n) is 3.13. The number of piperazine rings is 1. The fraction of sp³-hybridized carbons (Fsp3) is 0.333. The quantitative estimate of drug-likeness (QED) is 0.429. The topological polar surface area (TPSA) is 83.2 Å². The van der Waals surface area contributed by atoms with Crippen LogP contribution in [0.25, 0.3) is 0 Å². The average molecular weight is 416 g/mol. The van der Waals surface area contributed by atoms with E-state index in [0.29, 0.717) is 24.6 Å². The van der Waals surface area contributed by atoms with Crippen molar-refractivity contribution < 1.29 is 9.53 Å². The molecule has 29 heavy (non-hydrogen) atoms. The van der Waals surface area contributed by atoms with Crippen molar-refractivity contribution in [1.29, 1.82) is 0 Å². The molecular formula is C21H26ClN5O2. The maximum absolute atomic E-state index is 12.1. The Labute approximate surface area is 176 Å². The van der Waals surface area contributed by atoms with Crippen molar-refractivity contribution >= 4 is 29.2 Å². The van der Waals surface area contributed by atoms with E-state index in [9.17, 15) is 4.79 Å². The smallest absolute Gasteiger partial charge is 0.251 e. The standard InChI is InChI=1S/C21H26ClN5O2/c1-29-19-8-2-16(3-9-19)20(28)24-10-11-25-21(23)27-14-12-26(13-15-27)18-6-4-17(22)5-7-18/h2-9H,10-15H2,1H3,(H2,23,25)(H,24,28). The molecule has 1 amide bonds. The molecule has 154 valence electrons. The van der Waals surface area contributed by atoms with Crippen molar-refractivity contribution in [1.82, 2.24) is 10.2 Å². The molecule has 2 aromatic rings. The Morgan fingerprint density at radius 2 is 1.76 bits per heavy atom. The zero-order valence-corrected chi connectivity index (χ0v) is 17.2. The van der Waals surface area contributed by atoms with Gasteiger partial charge < -0.3 is 25.6 Å². The molecule has 1 aliphatic rings. The number of nitrogens with one attached hydrogen (secondary N) is 1. The van der Waals surface area contributed by atoms with E-state index in [4.69, 9.17) is 22.1 Å². The fourth-order valence-corrected chi connectivity index (χ4v) is 3.26. The number of methoxy groups -OCH3 is 1.